The molecule has 9 heteroatoms. The predicted octanol–water partition coefficient (Wildman–Crippen LogP) is 2.53. The van der Waals surface area contributed by atoms with E-state index in [1.54, 1.807) is 0 Å². The van der Waals surface area contributed by atoms with Crippen LogP contribution in [0.4, 0.5) is 10.5 Å². The highest BCUT2D eigenvalue weighted by molar-refractivity contribution is 7.92. The third-order valence-electron chi connectivity index (χ3n) is 3.73. The summed E-state index contributed by atoms with van der Waals surface area (Å²) in [4.78, 5) is 11.7. The maximum atomic E-state index is 12.3. The fraction of sp³-hybridized carbons (Fsp3) is 0.533. The van der Waals surface area contributed by atoms with Gasteiger partial charge in [-0.2, -0.15) is 0 Å². The Hall–Kier alpha value is -1.51. The van der Waals surface area contributed by atoms with Gasteiger partial charge in [-0.05, 0) is 38.8 Å². The van der Waals surface area contributed by atoms with Crippen LogP contribution < -0.4 is 10.6 Å². The van der Waals surface area contributed by atoms with Gasteiger partial charge in [0.1, 0.15) is 4.90 Å². The Labute approximate surface area is 146 Å². The van der Waals surface area contributed by atoms with Gasteiger partial charge in [-0.1, -0.05) is 11.6 Å². The summed E-state index contributed by atoms with van der Waals surface area (Å²) in [6.07, 6.45) is 1.65. The minimum absolute atomic E-state index is 0.0205. The van der Waals surface area contributed by atoms with E-state index in [0.717, 1.165) is 12.8 Å². The van der Waals surface area contributed by atoms with Crippen LogP contribution in [0, 0.1) is 0 Å². The Balaban J connectivity index is 2.21. The lowest BCUT2D eigenvalue weighted by molar-refractivity contribution is 0.0739. The smallest absolute Gasteiger partial charge is 0.319 e. The van der Waals surface area contributed by atoms with Crippen molar-refractivity contribution < 1.29 is 23.1 Å². The second-order valence-electron chi connectivity index (χ2n) is 5.88. The van der Waals surface area contributed by atoms with Gasteiger partial charge >= 0.3 is 6.03 Å². The van der Waals surface area contributed by atoms with Crippen molar-refractivity contribution in [2.75, 3.05) is 18.5 Å². The molecule has 0 aromatic heterocycles. The number of hydrogen-bond donors (Lipinski definition) is 3. The Kier molecular flexibility index (Phi) is 5.95. The first-order valence-electron chi connectivity index (χ1n) is 7.64. The molecule has 1 saturated heterocycles. The molecular formula is C15H21ClN2O5S. The molecule has 134 valence electrons. The number of aromatic hydroxyl groups is 1. The normalized spacial score (nSPS) is 18.4. The molecule has 0 radical (unpaired) electrons. The molecule has 1 fully saturated rings. The molecule has 1 aliphatic rings. The van der Waals surface area contributed by atoms with Crippen molar-refractivity contribution in [1.82, 2.24) is 5.32 Å². The van der Waals surface area contributed by atoms with Crippen LogP contribution in [0.1, 0.15) is 26.7 Å². The van der Waals surface area contributed by atoms with E-state index >= 15 is 0 Å². The van der Waals surface area contributed by atoms with Crippen LogP contribution >= 0.6 is 11.6 Å². The number of carbonyl (C=O) groups is 1. The number of benzene rings is 1. The molecule has 2 rings (SSSR count). The van der Waals surface area contributed by atoms with Gasteiger partial charge in [-0.3, -0.25) is 0 Å². The van der Waals surface area contributed by atoms with Crippen LogP contribution in [-0.2, 0) is 14.6 Å². The summed E-state index contributed by atoms with van der Waals surface area (Å²) in [5.74, 6) is -0.564. The zero-order valence-corrected chi connectivity index (χ0v) is 15.1. The van der Waals surface area contributed by atoms with Gasteiger partial charge in [0.25, 0.3) is 0 Å². The molecule has 1 aliphatic heterocycles. The maximum absolute atomic E-state index is 12.3. The third kappa shape index (κ3) is 4.12. The van der Waals surface area contributed by atoms with Gasteiger partial charge in [-0.15, -0.1) is 0 Å². The highest BCUT2D eigenvalue weighted by Gasteiger charge is 2.28. The van der Waals surface area contributed by atoms with Crippen LogP contribution in [0.2, 0.25) is 5.02 Å². The number of urea groups is 1. The number of phenolic OH excluding ortho intramolecular Hbond substituents is 1. The van der Waals surface area contributed by atoms with Gasteiger partial charge in [-0.25, -0.2) is 13.2 Å². The van der Waals surface area contributed by atoms with E-state index in [1.807, 2.05) is 0 Å². The van der Waals surface area contributed by atoms with Gasteiger partial charge in [0.05, 0.1) is 28.6 Å². The number of carbonyl (C=O) groups excluding carboxylic acids is 1. The first-order chi connectivity index (χ1) is 11.2. The molecule has 1 aromatic rings. The summed E-state index contributed by atoms with van der Waals surface area (Å²) in [5.41, 5.74) is -0.0205. The van der Waals surface area contributed by atoms with E-state index in [4.69, 9.17) is 16.3 Å². The summed E-state index contributed by atoms with van der Waals surface area (Å²) < 4.78 is 30.0. The largest absolute Gasteiger partial charge is 0.504 e. The monoisotopic (exact) mass is 376 g/mol. The number of hydrogen-bond acceptors (Lipinski definition) is 5. The summed E-state index contributed by atoms with van der Waals surface area (Å²) in [5, 5.41) is 14.6. The van der Waals surface area contributed by atoms with E-state index in [-0.39, 0.29) is 21.6 Å². The highest BCUT2D eigenvalue weighted by atomic mass is 35.5. The lowest BCUT2D eigenvalue weighted by Crippen LogP contribution is -2.42. The number of sulfone groups is 1. The molecule has 1 atom stereocenters. The van der Waals surface area contributed by atoms with Crippen molar-refractivity contribution in [1.29, 1.82) is 0 Å². The van der Waals surface area contributed by atoms with Crippen molar-refractivity contribution in [3.05, 3.63) is 17.2 Å². The molecule has 24 heavy (non-hydrogen) atoms. The number of halogens is 1. The van der Waals surface area contributed by atoms with Gasteiger partial charge < -0.3 is 20.5 Å². The minimum atomic E-state index is -3.80. The van der Waals surface area contributed by atoms with E-state index < -0.39 is 26.9 Å². The zero-order chi connectivity index (χ0) is 17.9. The zero-order valence-electron chi connectivity index (χ0n) is 13.5. The van der Waals surface area contributed by atoms with Crippen molar-refractivity contribution in [3.63, 3.8) is 0 Å². The number of amides is 2. The SMILES string of the molecule is CC(C)S(=O)(=O)c1c(Cl)ccc(NC(=O)NC2CCCOC2)c1O. The van der Waals surface area contributed by atoms with E-state index in [0.29, 0.717) is 13.2 Å². The second kappa shape index (κ2) is 7.58. The summed E-state index contributed by atoms with van der Waals surface area (Å²) in [6.45, 7) is 4.07. The summed E-state index contributed by atoms with van der Waals surface area (Å²) in [6, 6.07) is 2.02. The quantitative estimate of drug-likeness (QED) is 0.700. The van der Waals surface area contributed by atoms with Crippen molar-refractivity contribution >= 4 is 33.2 Å². The molecule has 1 heterocycles. The Bertz CT molecular complexity index is 715. The lowest BCUT2D eigenvalue weighted by atomic mass is 10.1. The van der Waals surface area contributed by atoms with Gasteiger partial charge in [0, 0.05) is 6.61 Å². The molecule has 0 saturated carbocycles. The predicted molar refractivity (Wildman–Crippen MR) is 91.4 cm³/mol. The van der Waals surface area contributed by atoms with Crippen LogP contribution in [0.5, 0.6) is 5.75 Å². The summed E-state index contributed by atoms with van der Waals surface area (Å²) in [7, 11) is -3.80. The van der Waals surface area contributed by atoms with Crippen molar-refractivity contribution in [2.45, 2.75) is 42.9 Å². The number of anilines is 1. The van der Waals surface area contributed by atoms with Crippen molar-refractivity contribution in [3.8, 4) is 5.75 Å². The fourth-order valence-corrected chi connectivity index (χ4v) is 4.02. The number of ether oxygens (including phenoxy) is 1. The van der Waals surface area contributed by atoms with Crippen LogP contribution in [0.25, 0.3) is 0 Å². The van der Waals surface area contributed by atoms with Crippen LogP contribution in [-0.4, -0.2) is 44.1 Å². The minimum Gasteiger partial charge on any atom is -0.504 e. The van der Waals surface area contributed by atoms with Crippen molar-refractivity contribution in [2.24, 2.45) is 0 Å². The first kappa shape index (κ1) is 18.8. The van der Waals surface area contributed by atoms with Gasteiger partial charge in [0.15, 0.2) is 15.6 Å². The fourth-order valence-electron chi connectivity index (χ4n) is 2.35. The number of phenols is 1. The molecule has 3 N–H and O–H groups in total. The number of nitrogens with one attached hydrogen (secondary N) is 2. The van der Waals surface area contributed by atoms with E-state index in [1.165, 1.54) is 26.0 Å². The van der Waals surface area contributed by atoms with Gasteiger partial charge in [0.2, 0.25) is 0 Å². The van der Waals surface area contributed by atoms with Crippen LogP contribution in [0.3, 0.4) is 0 Å². The number of rotatable bonds is 4. The molecular weight excluding hydrogens is 356 g/mol. The van der Waals surface area contributed by atoms with E-state index in [9.17, 15) is 18.3 Å². The molecule has 0 bridgehead atoms. The Morgan fingerprint density at radius 1 is 1.42 bits per heavy atom. The lowest BCUT2D eigenvalue weighted by Gasteiger charge is -2.23. The molecule has 2 amide bonds. The average molecular weight is 377 g/mol. The standard InChI is InChI=1S/C15H21ClN2O5S/c1-9(2)24(21,22)14-11(16)5-6-12(13(14)19)18-15(20)17-10-4-3-7-23-8-10/h5-6,9-10,19H,3-4,7-8H2,1-2H3,(H2,17,18,20). The summed E-state index contributed by atoms with van der Waals surface area (Å²) >= 11 is 5.94. The average Bonchev–Trinajstić information content (AvgIpc) is 2.51. The second-order valence-corrected chi connectivity index (χ2v) is 8.73. The maximum Gasteiger partial charge on any atom is 0.319 e. The first-order valence-corrected chi connectivity index (χ1v) is 9.56. The molecule has 0 aliphatic carbocycles. The molecule has 7 nitrogen and oxygen atoms in total. The topological polar surface area (TPSA) is 105 Å². The van der Waals surface area contributed by atoms with Crippen LogP contribution in [0.15, 0.2) is 17.0 Å². The Morgan fingerprint density at radius 2 is 2.12 bits per heavy atom. The molecule has 0 spiro atoms. The third-order valence-corrected chi connectivity index (χ3v) is 6.38. The molecule has 1 unspecified atom stereocenters. The highest BCUT2D eigenvalue weighted by Crippen LogP contribution is 2.38. The van der Waals surface area contributed by atoms with E-state index in [2.05, 4.69) is 10.6 Å². The molecule has 1 aromatic carbocycles. The Morgan fingerprint density at radius 3 is 2.71 bits per heavy atom.